The van der Waals surface area contributed by atoms with Crippen LogP contribution in [-0.2, 0) is 4.79 Å². The van der Waals surface area contributed by atoms with E-state index in [0.29, 0.717) is 5.69 Å². The van der Waals surface area contributed by atoms with Gasteiger partial charge in [-0.2, -0.15) is 0 Å². The second-order valence-corrected chi connectivity index (χ2v) is 5.57. The molecule has 1 fully saturated rings. The Balaban J connectivity index is 1.86. The van der Waals surface area contributed by atoms with Gasteiger partial charge in [-0.3, -0.25) is 4.79 Å². The molecule has 0 aromatic heterocycles. The molecule has 120 valence electrons. The molecule has 2 atom stereocenters. The number of carbonyl (C=O) groups is 2. The zero-order valence-electron chi connectivity index (χ0n) is 13.1. The summed E-state index contributed by atoms with van der Waals surface area (Å²) in [6.07, 6.45) is 2.02. The Kier molecular flexibility index (Phi) is 5.77. The fourth-order valence-electron chi connectivity index (χ4n) is 2.77. The molecule has 1 heterocycles. The molecular weight excluding hydrogens is 280 g/mol. The van der Waals surface area contributed by atoms with Crippen LogP contribution in [0, 0.1) is 0 Å². The molecule has 0 saturated carbocycles. The maximum Gasteiger partial charge on any atom is 0.319 e. The highest BCUT2D eigenvalue weighted by molar-refractivity contribution is 5.93. The number of likely N-dealkylation sites (tertiary alicyclic amines) is 1. The van der Waals surface area contributed by atoms with Crippen LogP contribution in [0.3, 0.4) is 0 Å². The molecule has 22 heavy (non-hydrogen) atoms. The summed E-state index contributed by atoms with van der Waals surface area (Å²) >= 11 is 0. The van der Waals surface area contributed by atoms with E-state index in [1.807, 2.05) is 30.1 Å². The molecular formula is C16H24N4O2. The van der Waals surface area contributed by atoms with E-state index in [1.54, 1.807) is 19.1 Å². The molecule has 6 nitrogen and oxygen atoms in total. The third kappa shape index (κ3) is 4.21. The average Bonchev–Trinajstić information content (AvgIpc) is 2.96. The third-order valence-corrected chi connectivity index (χ3v) is 3.85. The molecule has 0 radical (unpaired) electrons. The molecule has 0 spiro atoms. The van der Waals surface area contributed by atoms with Crippen LogP contribution < -0.4 is 16.0 Å². The van der Waals surface area contributed by atoms with Gasteiger partial charge in [0.2, 0.25) is 5.91 Å². The number of amides is 3. The number of nitrogens with zero attached hydrogens (tertiary/aromatic N) is 1. The quantitative estimate of drug-likeness (QED) is 0.770. The Morgan fingerprint density at radius 3 is 2.73 bits per heavy atom. The Morgan fingerprint density at radius 2 is 2.05 bits per heavy atom. The minimum Gasteiger partial charge on any atom is -0.337 e. The summed E-state index contributed by atoms with van der Waals surface area (Å²) in [6.45, 7) is 3.27. The second kappa shape index (κ2) is 7.79. The smallest absolute Gasteiger partial charge is 0.319 e. The maximum absolute atomic E-state index is 12.5. The van der Waals surface area contributed by atoms with Gasteiger partial charge < -0.3 is 20.9 Å². The summed E-state index contributed by atoms with van der Waals surface area (Å²) in [5.74, 6) is -0.0269. The van der Waals surface area contributed by atoms with Crippen LogP contribution in [-0.4, -0.2) is 49.1 Å². The molecule has 1 aromatic rings. The molecule has 3 amide bonds. The van der Waals surface area contributed by atoms with Crippen LogP contribution >= 0.6 is 0 Å². The maximum atomic E-state index is 12.5. The molecule has 1 aliphatic heterocycles. The van der Waals surface area contributed by atoms with Crippen LogP contribution in [0.15, 0.2) is 30.3 Å². The van der Waals surface area contributed by atoms with Gasteiger partial charge in [-0.15, -0.1) is 0 Å². The Hall–Kier alpha value is -2.08. The Morgan fingerprint density at radius 1 is 1.32 bits per heavy atom. The summed E-state index contributed by atoms with van der Waals surface area (Å²) in [5.41, 5.74) is 0.703. The SMILES string of the molecule is CNCC1CCCN1C(=O)C(C)NC(=O)Nc1ccccc1. The average molecular weight is 304 g/mol. The lowest BCUT2D eigenvalue weighted by molar-refractivity contribution is -0.133. The number of para-hydroxylation sites is 1. The van der Waals surface area contributed by atoms with Gasteiger partial charge in [-0.05, 0) is 38.9 Å². The van der Waals surface area contributed by atoms with Crippen LogP contribution in [0.1, 0.15) is 19.8 Å². The van der Waals surface area contributed by atoms with E-state index in [-0.39, 0.29) is 18.0 Å². The van der Waals surface area contributed by atoms with Crippen molar-refractivity contribution in [3.8, 4) is 0 Å². The summed E-state index contributed by atoms with van der Waals surface area (Å²) in [5, 5.41) is 8.54. The molecule has 2 rings (SSSR count). The van der Waals surface area contributed by atoms with E-state index in [1.165, 1.54) is 0 Å². The van der Waals surface area contributed by atoms with Crippen molar-refractivity contribution >= 4 is 17.6 Å². The lowest BCUT2D eigenvalue weighted by Gasteiger charge is -2.27. The summed E-state index contributed by atoms with van der Waals surface area (Å²) < 4.78 is 0. The number of likely N-dealkylation sites (N-methyl/N-ethyl adjacent to an activating group) is 1. The van der Waals surface area contributed by atoms with Crippen molar-refractivity contribution in [3.63, 3.8) is 0 Å². The van der Waals surface area contributed by atoms with Crippen LogP contribution in [0.4, 0.5) is 10.5 Å². The van der Waals surface area contributed by atoms with Gasteiger partial charge >= 0.3 is 6.03 Å². The highest BCUT2D eigenvalue weighted by Gasteiger charge is 2.31. The molecule has 1 aliphatic rings. The summed E-state index contributed by atoms with van der Waals surface area (Å²) in [4.78, 5) is 26.3. The van der Waals surface area contributed by atoms with Gasteiger partial charge in [0, 0.05) is 24.8 Å². The first-order valence-electron chi connectivity index (χ1n) is 7.69. The van der Waals surface area contributed by atoms with Crippen molar-refractivity contribution in [3.05, 3.63) is 30.3 Å². The first-order chi connectivity index (χ1) is 10.6. The third-order valence-electron chi connectivity index (χ3n) is 3.85. The van der Waals surface area contributed by atoms with Crippen molar-refractivity contribution in [1.29, 1.82) is 0 Å². The van der Waals surface area contributed by atoms with Gasteiger partial charge in [0.25, 0.3) is 0 Å². The predicted octanol–water partition coefficient (Wildman–Crippen LogP) is 1.41. The molecule has 3 N–H and O–H groups in total. The molecule has 0 bridgehead atoms. The van der Waals surface area contributed by atoms with Gasteiger partial charge in [0.15, 0.2) is 0 Å². The second-order valence-electron chi connectivity index (χ2n) is 5.57. The number of benzene rings is 1. The van der Waals surface area contributed by atoms with Crippen molar-refractivity contribution in [2.75, 3.05) is 25.5 Å². The van der Waals surface area contributed by atoms with E-state index in [4.69, 9.17) is 0 Å². The Bertz CT molecular complexity index is 506. The lowest BCUT2D eigenvalue weighted by atomic mass is 10.2. The van der Waals surface area contributed by atoms with Crippen molar-refractivity contribution in [1.82, 2.24) is 15.5 Å². The van der Waals surface area contributed by atoms with Crippen molar-refractivity contribution in [2.24, 2.45) is 0 Å². The van der Waals surface area contributed by atoms with Crippen molar-refractivity contribution < 1.29 is 9.59 Å². The number of rotatable bonds is 5. The molecule has 6 heteroatoms. The zero-order chi connectivity index (χ0) is 15.9. The molecule has 1 saturated heterocycles. The predicted molar refractivity (Wildman–Crippen MR) is 86.7 cm³/mol. The Labute approximate surface area is 131 Å². The van der Waals surface area contributed by atoms with Gasteiger partial charge in [-0.1, -0.05) is 18.2 Å². The number of carbonyl (C=O) groups excluding carboxylic acids is 2. The first-order valence-corrected chi connectivity index (χ1v) is 7.69. The molecule has 0 aliphatic carbocycles. The summed E-state index contributed by atoms with van der Waals surface area (Å²) in [6, 6.07) is 8.49. The normalized spacial score (nSPS) is 18.8. The van der Waals surface area contributed by atoms with Crippen LogP contribution in [0.5, 0.6) is 0 Å². The topological polar surface area (TPSA) is 73.5 Å². The highest BCUT2D eigenvalue weighted by atomic mass is 16.2. The number of hydrogen-bond donors (Lipinski definition) is 3. The zero-order valence-corrected chi connectivity index (χ0v) is 13.1. The monoisotopic (exact) mass is 304 g/mol. The van der Waals surface area contributed by atoms with E-state index in [9.17, 15) is 9.59 Å². The fraction of sp³-hybridized carbons (Fsp3) is 0.500. The van der Waals surface area contributed by atoms with E-state index >= 15 is 0 Å². The fourth-order valence-corrected chi connectivity index (χ4v) is 2.77. The van der Waals surface area contributed by atoms with E-state index in [2.05, 4.69) is 16.0 Å². The number of urea groups is 1. The van der Waals surface area contributed by atoms with Gasteiger partial charge in [-0.25, -0.2) is 4.79 Å². The molecule has 1 aromatic carbocycles. The van der Waals surface area contributed by atoms with E-state index in [0.717, 1.165) is 25.9 Å². The minimum absolute atomic E-state index is 0.0269. The van der Waals surface area contributed by atoms with Crippen LogP contribution in [0.2, 0.25) is 0 Å². The van der Waals surface area contributed by atoms with Crippen molar-refractivity contribution in [2.45, 2.75) is 31.8 Å². The van der Waals surface area contributed by atoms with Crippen LogP contribution in [0.25, 0.3) is 0 Å². The highest BCUT2D eigenvalue weighted by Crippen LogP contribution is 2.17. The molecule has 2 unspecified atom stereocenters. The lowest BCUT2D eigenvalue weighted by Crippen LogP contribution is -2.51. The van der Waals surface area contributed by atoms with Gasteiger partial charge in [0.1, 0.15) is 6.04 Å². The first kappa shape index (κ1) is 16.3. The number of nitrogens with one attached hydrogen (secondary N) is 3. The van der Waals surface area contributed by atoms with E-state index < -0.39 is 6.04 Å². The summed E-state index contributed by atoms with van der Waals surface area (Å²) in [7, 11) is 1.88. The largest absolute Gasteiger partial charge is 0.337 e. The number of hydrogen-bond acceptors (Lipinski definition) is 3. The minimum atomic E-state index is -0.541. The van der Waals surface area contributed by atoms with Gasteiger partial charge in [0.05, 0.1) is 0 Å². The standard InChI is InChI=1S/C16H24N4O2/c1-12(15(21)20-10-6-9-14(20)11-17-2)18-16(22)19-13-7-4-3-5-8-13/h3-5,7-8,12,14,17H,6,9-11H2,1-2H3,(H2,18,19,22). The number of anilines is 1.